The summed E-state index contributed by atoms with van der Waals surface area (Å²) in [6, 6.07) is 4.15. The number of carbonyl (C=O) groups excluding carboxylic acids is 1. The Morgan fingerprint density at radius 3 is 2.62 bits per heavy atom. The fourth-order valence-corrected chi connectivity index (χ4v) is 1.75. The van der Waals surface area contributed by atoms with E-state index < -0.39 is 17.9 Å². The summed E-state index contributed by atoms with van der Waals surface area (Å²) in [5.74, 6) is -1.62. The van der Waals surface area contributed by atoms with E-state index in [-0.39, 0.29) is 5.56 Å². The number of hydrogen-bond acceptors (Lipinski definition) is 3. The van der Waals surface area contributed by atoms with Gasteiger partial charge in [0.05, 0.1) is 5.56 Å². The van der Waals surface area contributed by atoms with E-state index in [2.05, 4.69) is 21.2 Å². The number of nitrogens with one attached hydrogen (secondary N) is 1. The molecule has 0 heterocycles. The number of benzene rings is 1. The van der Waals surface area contributed by atoms with Crippen molar-refractivity contribution in [3.63, 3.8) is 0 Å². The van der Waals surface area contributed by atoms with Crippen LogP contribution in [-0.2, 0) is 4.79 Å². The third kappa shape index (κ3) is 2.73. The summed E-state index contributed by atoms with van der Waals surface area (Å²) in [5, 5.41) is 11.5. The maximum atomic E-state index is 11.2. The number of anilines is 1. The minimum absolute atomic E-state index is 0.246. The molecule has 86 valence electrons. The third-order valence-electron chi connectivity index (χ3n) is 2.00. The average molecular weight is 287 g/mol. The van der Waals surface area contributed by atoms with Crippen LogP contribution in [-0.4, -0.2) is 23.0 Å². The molecule has 1 aromatic carbocycles. The van der Waals surface area contributed by atoms with Crippen LogP contribution in [0, 0.1) is 0 Å². The number of carboxylic acids is 1. The number of primary amides is 1. The second-order valence-electron chi connectivity index (χ2n) is 3.23. The van der Waals surface area contributed by atoms with E-state index in [0.29, 0.717) is 10.2 Å². The molecule has 0 bridgehead atoms. The van der Waals surface area contributed by atoms with Gasteiger partial charge < -0.3 is 16.2 Å². The molecule has 1 rings (SSSR count). The summed E-state index contributed by atoms with van der Waals surface area (Å²) >= 11 is 3.19. The lowest BCUT2D eigenvalue weighted by Crippen LogP contribution is -2.27. The van der Waals surface area contributed by atoms with Crippen molar-refractivity contribution in [3.05, 3.63) is 28.2 Å². The van der Waals surface area contributed by atoms with Gasteiger partial charge in [-0.05, 0) is 35.0 Å². The van der Waals surface area contributed by atoms with E-state index in [1.54, 1.807) is 18.2 Å². The summed E-state index contributed by atoms with van der Waals surface area (Å²) in [5.41, 5.74) is 5.86. The van der Waals surface area contributed by atoms with Gasteiger partial charge in [0.1, 0.15) is 6.04 Å². The lowest BCUT2D eigenvalue weighted by atomic mass is 10.1. The Morgan fingerprint density at radius 1 is 1.50 bits per heavy atom. The molecule has 0 aliphatic heterocycles. The molecule has 5 nitrogen and oxygen atoms in total. The second-order valence-corrected chi connectivity index (χ2v) is 4.09. The normalized spacial score (nSPS) is 11.9. The summed E-state index contributed by atoms with van der Waals surface area (Å²) < 4.78 is 0.530. The first-order valence-electron chi connectivity index (χ1n) is 4.51. The Kier molecular flexibility index (Phi) is 3.89. The second kappa shape index (κ2) is 4.98. The van der Waals surface area contributed by atoms with Gasteiger partial charge >= 0.3 is 5.97 Å². The Labute approximate surface area is 101 Å². The summed E-state index contributed by atoms with van der Waals surface area (Å²) in [6.45, 7) is 1.48. The van der Waals surface area contributed by atoms with Crippen molar-refractivity contribution < 1.29 is 14.7 Å². The summed E-state index contributed by atoms with van der Waals surface area (Å²) in [7, 11) is 0. The Balaban J connectivity index is 3.09. The van der Waals surface area contributed by atoms with Crippen LogP contribution in [0.2, 0.25) is 0 Å². The molecule has 1 unspecified atom stereocenters. The summed E-state index contributed by atoms with van der Waals surface area (Å²) in [6.07, 6.45) is 0. The molecule has 0 saturated carbocycles. The van der Waals surface area contributed by atoms with Crippen LogP contribution < -0.4 is 11.1 Å². The van der Waals surface area contributed by atoms with Gasteiger partial charge in [0, 0.05) is 10.2 Å². The minimum Gasteiger partial charge on any atom is -0.480 e. The standard InChI is InChI=1S/C10H11BrN2O3/c1-5(10(15)16)13-7-4-2-3-6(11)8(7)9(12)14/h2-5,13H,1H3,(H2,12,14)(H,15,16). The Morgan fingerprint density at radius 2 is 2.12 bits per heavy atom. The number of amides is 1. The predicted octanol–water partition coefficient (Wildman–Crippen LogP) is 1.43. The van der Waals surface area contributed by atoms with Gasteiger partial charge in [-0.25, -0.2) is 0 Å². The van der Waals surface area contributed by atoms with Crippen LogP contribution >= 0.6 is 15.9 Å². The fraction of sp³-hybridized carbons (Fsp3) is 0.200. The zero-order chi connectivity index (χ0) is 12.3. The van der Waals surface area contributed by atoms with Crippen LogP contribution in [0.15, 0.2) is 22.7 Å². The van der Waals surface area contributed by atoms with Gasteiger partial charge in [-0.2, -0.15) is 0 Å². The number of carboxylic acid groups (broad SMARTS) is 1. The van der Waals surface area contributed by atoms with Crippen molar-refractivity contribution in [1.29, 1.82) is 0 Å². The Hall–Kier alpha value is -1.56. The number of nitrogens with two attached hydrogens (primary N) is 1. The minimum atomic E-state index is -1.00. The maximum absolute atomic E-state index is 11.2. The summed E-state index contributed by atoms with van der Waals surface area (Å²) in [4.78, 5) is 21.9. The fourth-order valence-electron chi connectivity index (χ4n) is 1.19. The third-order valence-corrected chi connectivity index (χ3v) is 2.66. The van der Waals surface area contributed by atoms with Crippen LogP contribution in [0.1, 0.15) is 17.3 Å². The highest BCUT2D eigenvalue weighted by atomic mass is 79.9. The van der Waals surface area contributed by atoms with Gasteiger partial charge in [-0.1, -0.05) is 6.07 Å². The van der Waals surface area contributed by atoms with Gasteiger partial charge in [-0.15, -0.1) is 0 Å². The van der Waals surface area contributed by atoms with Crippen molar-refractivity contribution in [3.8, 4) is 0 Å². The number of rotatable bonds is 4. The van der Waals surface area contributed by atoms with Gasteiger partial charge in [0.15, 0.2) is 0 Å². The molecule has 0 fully saturated rings. The maximum Gasteiger partial charge on any atom is 0.325 e. The molecule has 0 radical (unpaired) electrons. The van der Waals surface area contributed by atoms with E-state index in [9.17, 15) is 9.59 Å². The first kappa shape index (κ1) is 12.5. The molecule has 1 amide bonds. The average Bonchev–Trinajstić information content (AvgIpc) is 2.16. The zero-order valence-corrected chi connectivity index (χ0v) is 10.1. The molecule has 4 N–H and O–H groups in total. The molecule has 0 aliphatic rings. The van der Waals surface area contributed by atoms with Crippen LogP contribution in [0.3, 0.4) is 0 Å². The van der Waals surface area contributed by atoms with Crippen molar-refractivity contribution in [2.45, 2.75) is 13.0 Å². The van der Waals surface area contributed by atoms with Gasteiger partial charge in [-0.3, -0.25) is 9.59 Å². The molecule has 0 aromatic heterocycles. The molecule has 1 atom stereocenters. The number of hydrogen-bond donors (Lipinski definition) is 3. The van der Waals surface area contributed by atoms with Crippen molar-refractivity contribution >= 4 is 33.5 Å². The number of aliphatic carboxylic acids is 1. The molecule has 1 aromatic rings. The molecule has 6 heteroatoms. The van der Waals surface area contributed by atoms with Crippen molar-refractivity contribution in [1.82, 2.24) is 0 Å². The SMILES string of the molecule is CC(Nc1cccc(Br)c1C(N)=O)C(=O)O. The van der Waals surface area contributed by atoms with E-state index in [1.807, 2.05) is 0 Å². The van der Waals surface area contributed by atoms with Crippen LogP contribution in [0.4, 0.5) is 5.69 Å². The van der Waals surface area contributed by atoms with Crippen molar-refractivity contribution in [2.75, 3.05) is 5.32 Å². The number of carbonyl (C=O) groups is 2. The van der Waals surface area contributed by atoms with E-state index in [1.165, 1.54) is 6.92 Å². The van der Waals surface area contributed by atoms with E-state index in [4.69, 9.17) is 10.8 Å². The lowest BCUT2D eigenvalue weighted by molar-refractivity contribution is -0.137. The first-order chi connectivity index (χ1) is 7.43. The molecular formula is C10H11BrN2O3. The highest BCUT2D eigenvalue weighted by molar-refractivity contribution is 9.10. The molecule has 0 saturated heterocycles. The molecule has 0 aliphatic carbocycles. The van der Waals surface area contributed by atoms with E-state index >= 15 is 0 Å². The monoisotopic (exact) mass is 286 g/mol. The van der Waals surface area contributed by atoms with Gasteiger partial charge in [0.25, 0.3) is 5.91 Å². The van der Waals surface area contributed by atoms with Crippen LogP contribution in [0.5, 0.6) is 0 Å². The topological polar surface area (TPSA) is 92.4 Å². The van der Waals surface area contributed by atoms with E-state index in [0.717, 1.165) is 0 Å². The molecule has 0 spiro atoms. The zero-order valence-electron chi connectivity index (χ0n) is 8.53. The first-order valence-corrected chi connectivity index (χ1v) is 5.30. The smallest absolute Gasteiger partial charge is 0.325 e. The highest BCUT2D eigenvalue weighted by Gasteiger charge is 2.16. The van der Waals surface area contributed by atoms with Gasteiger partial charge in [0.2, 0.25) is 0 Å². The Bertz CT molecular complexity index is 434. The molecular weight excluding hydrogens is 276 g/mol. The largest absolute Gasteiger partial charge is 0.480 e. The predicted molar refractivity (Wildman–Crippen MR) is 63.4 cm³/mol. The van der Waals surface area contributed by atoms with Crippen molar-refractivity contribution in [2.24, 2.45) is 5.73 Å². The molecule has 16 heavy (non-hydrogen) atoms. The number of halogens is 1. The lowest BCUT2D eigenvalue weighted by Gasteiger charge is -2.14. The van der Waals surface area contributed by atoms with Crippen LogP contribution in [0.25, 0.3) is 0 Å². The quantitative estimate of drug-likeness (QED) is 0.781. The highest BCUT2D eigenvalue weighted by Crippen LogP contribution is 2.24.